The first-order valence-electron chi connectivity index (χ1n) is 10.5. The zero-order valence-electron chi connectivity index (χ0n) is 19.9. The number of nitrogens with one attached hydrogen (secondary N) is 2. The third kappa shape index (κ3) is 6.59. The second kappa shape index (κ2) is 12.7. The van der Waals surface area contributed by atoms with Gasteiger partial charge >= 0.3 is 0 Å². The molecule has 0 aromatic heterocycles. The number of methoxy groups -OCH3 is 4. The second-order valence-electron chi connectivity index (χ2n) is 7.27. The van der Waals surface area contributed by atoms with Gasteiger partial charge in [0.25, 0.3) is 0 Å². The molecule has 0 spiro atoms. The highest BCUT2D eigenvalue weighted by Gasteiger charge is 2.22. The highest BCUT2D eigenvalue weighted by Crippen LogP contribution is 2.47. The van der Waals surface area contributed by atoms with E-state index in [-0.39, 0.29) is 29.7 Å². The molecule has 0 heterocycles. The van der Waals surface area contributed by atoms with E-state index >= 15 is 0 Å². The SMILES string of the molecule is CONCC(=O)N[C@H](C)CCc1cc(OC)c(OC)c(OC)c1-c1ccc(OC)c(=O)cc1. The number of benzene rings is 1. The summed E-state index contributed by atoms with van der Waals surface area (Å²) in [6, 6.07) is 8.40. The number of carbonyl (C=O) groups is 1. The number of rotatable bonds is 12. The van der Waals surface area contributed by atoms with Crippen LogP contribution in [0.25, 0.3) is 11.1 Å². The first-order valence-corrected chi connectivity index (χ1v) is 10.5. The van der Waals surface area contributed by atoms with Gasteiger partial charge in [0.05, 0.1) is 42.1 Å². The van der Waals surface area contributed by atoms with Gasteiger partial charge in [-0.3, -0.25) is 9.59 Å². The third-order valence-corrected chi connectivity index (χ3v) is 5.12. The maximum Gasteiger partial charge on any atom is 0.236 e. The van der Waals surface area contributed by atoms with E-state index < -0.39 is 0 Å². The lowest BCUT2D eigenvalue weighted by atomic mass is 9.94. The fourth-order valence-corrected chi connectivity index (χ4v) is 3.51. The van der Waals surface area contributed by atoms with Gasteiger partial charge in [0, 0.05) is 11.6 Å². The molecule has 0 radical (unpaired) electrons. The van der Waals surface area contributed by atoms with E-state index in [1.165, 1.54) is 20.3 Å². The Morgan fingerprint density at radius 3 is 2.18 bits per heavy atom. The molecule has 33 heavy (non-hydrogen) atoms. The molecular formula is C24H32N2O7. The van der Waals surface area contributed by atoms with Crippen molar-refractivity contribution in [3.63, 3.8) is 0 Å². The van der Waals surface area contributed by atoms with Gasteiger partial charge in [-0.15, -0.1) is 0 Å². The van der Waals surface area contributed by atoms with Crippen molar-refractivity contribution >= 4 is 5.91 Å². The number of amides is 1. The first-order chi connectivity index (χ1) is 15.9. The lowest BCUT2D eigenvalue weighted by Gasteiger charge is -2.21. The van der Waals surface area contributed by atoms with E-state index in [0.717, 1.165) is 16.7 Å². The fourth-order valence-electron chi connectivity index (χ4n) is 3.51. The molecule has 0 saturated heterocycles. The van der Waals surface area contributed by atoms with Crippen LogP contribution in [0.5, 0.6) is 23.0 Å². The Kier molecular flexibility index (Phi) is 9.96. The van der Waals surface area contributed by atoms with E-state index in [0.29, 0.717) is 30.1 Å². The molecular weight excluding hydrogens is 428 g/mol. The quantitative estimate of drug-likeness (QED) is 0.465. The highest BCUT2D eigenvalue weighted by molar-refractivity contribution is 5.80. The van der Waals surface area contributed by atoms with Gasteiger partial charge in [-0.1, -0.05) is 12.1 Å². The molecule has 0 bridgehead atoms. The van der Waals surface area contributed by atoms with Gasteiger partial charge in [0.1, 0.15) is 0 Å². The summed E-state index contributed by atoms with van der Waals surface area (Å²) in [7, 11) is 7.57. The van der Waals surface area contributed by atoms with Crippen LogP contribution in [-0.4, -0.2) is 54.0 Å². The van der Waals surface area contributed by atoms with Crippen LogP contribution in [0.1, 0.15) is 18.9 Å². The van der Waals surface area contributed by atoms with Crippen LogP contribution in [-0.2, 0) is 16.1 Å². The van der Waals surface area contributed by atoms with Crippen LogP contribution in [0, 0.1) is 0 Å². The summed E-state index contributed by atoms with van der Waals surface area (Å²) in [6.45, 7) is 2.00. The topological polar surface area (TPSA) is 104 Å². The summed E-state index contributed by atoms with van der Waals surface area (Å²) in [6.07, 6.45) is 1.25. The minimum absolute atomic E-state index is 0.0656. The Morgan fingerprint density at radius 2 is 1.58 bits per heavy atom. The predicted molar refractivity (Wildman–Crippen MR) is 125 cm³/mol. The molecule has 180 valence electrons. The maximum atomic E-state index is 12.2. The van der Waals surface area contributed by atoms with Crippen LogP contribution in [0.4, 0.5) is 0 Å². The molecule has 1 amide bonds. The number of hydrogen-bond donors (Lipinski definition) is 2. The van der Waals surface area contributed by atoms with E-state index in [4.69, 9.17) is 23.8 Å². The van der Waals surface area contributed by atoms with Gasteiger partial charge in [0.2, 0.25) is 17.1 Å². The molecule has 9 heteroatoms. The molecule has 2 rings (SSSR count). The Hall–Kier alpha value is -3.30. The zero-order chi connectivity index (χ0) is 24.4. The summed E-state index contributed by atoms with van der Waals surface area (Å²) >= 11 is 0. The predicted octanol–water partition coefficient (Wildman–Crippen LogP) is 2.34. The minimum atomic E-state index is -0.231. The van der Waals surface area contributed by atoms with Crippen molar-refractivity contribution in [2.45, 2.75) is 25.8 Å². The Balaban J connectivity index is 2.50. The molecule has 0 aliphatic heterocycles. The largest absolute Gasteiger partial charge is 0.493 e. The molecule has 2 aromatic rings. The van der Waals surface area contributed by atoms with Crippen LogP contribution in [0.15, 0.2) is 35.1 Å². The Labute approximate surface area is 193 Å². The number of carbonyl (C=O) groups excluding carboxylic acids is 1. The summed E-state index contributed by atoms with van der Waals surface area (Å²) in [5.74, 6) is 1.54. The van der Waals surface area contributed by atoms with E-state index in [9.17, 15) is 9.59 Å². The smallest absolute Gasteiger partial charge is 0.236 e. The lowest BCUT2D eigenvalue weighted by Crippen LogP contribution is -2.39. The number of ether oxygens (including phenoxy) is 4. The van der Waals surface area contributed by atoms with Gasteiger partial charge in [-0.2, -0.15) is 5.48 Å². The molecule has 2 N–H and O–H groups in total. The first kappa shape index (κ1) is 26.0. The van der Waals surface area contributed by atoms with Gasteiger partial charge in [-0.05, 0) is 49.1 Å². The molecule has 0 aliphatic carbocycles. The number of hydroxylamine groups is 1. The molecule has 0 unspecified atom stereocenters. The number of hydrogen-bond acceptors (Lipinski definition) is 8. The summed E-state index contributed by atoms with van der Waals surface area (Å²) in [5, 5.41) is 2.92. The summed E-state index contributed by atoms with van der Waals surface area (Å²) < 4.78 is 22.0. The van der Waals surface area contributed by atoms with E-state index in [1.807, 2.05) is 13.0 Å². The monoisotopic (exact) mass is 460 g/mol. The lowest BCUT2D eigenvalue weighted by molar-refractivity contribution is -0.122. The van der Waals surface area contributed by atoms with Crippen LogP contribution in [0.3, 0.4) is 0 Å². The number of aryl methyl sites for hydroxylation is 1. The van der Waals surface area contributed by atoms with Gasteiger partial charge in [-0.25, -0.2) is 0 Å². The van der Waals surface area contributed by atoms with Crippen molar-refractivity contribution < 1.29 is 28.6 Å². The summed E-state index contributed by atoms with van der Waals surface area (Å²) in [4.78, 5) is 28.9. The average molecular weight is 461 g/mol. The standard InChI is InChI=1S/C24H32N2O7/c1-15(26-21(28)14-25-33-6)7-8-17-13-20(30-3)23(31-4)24(32-5)22(17)16-9-11-18(27)19(29-2)12-10-16/h9-13,15,25H,7-8,14H2,1-6H3,(H,26,28)/t15-/m1/s1. The molecule has 0 saturated carbocycles. The van der Waals surface area contributed by atoms with Crippen molar-refractivity contribution in [3.05, 3.63) is 46.1 Å². The van der Waals surface area contributed by atoms with Crippen molar-refractivity contribution in [1.29, 1.82) is 0 Å². The van der Waals surface area contributed by atoms with Gasteiger partial charge < -0.3 is 29.1 Å². The fraction of sp³-hybridized carbons (Fsp3) is 0.417. The zero-order valence-corrected chi connectivity index (χ0v) is 19.9. The van der Waals surface area contributed by atoms with E-state index in [1.54, 1.807) is 39.5 Å². The second-order valence-corrected chi connectivity index (χ2v) is 7.27. The molecule has 1 atom stereocenters. The minimum Gasteiger partial charge on any atom is -0.493 e. The van der Waals surface area contributed by atoms with Crippen molar-refractivity contribution in [2.75, 3.05) is 42.1 Å². The molecule has 0 aliphatic rings. The highest BCUT2D eigenvalue weighted by atomic mass is 16.6. The van der Waals surface area contributed by atoms with Crippen molar-refractivity contribution in [3.8, 4) is 34.1 Å². The molecule has 9 nitrogen and oxygen atoms in total. The van der Waals surface area contributed by atoms with Crippen LogP contribution >= 0.6 is 0 Å². The molecule has 0 fully saturated rings. The van der Waals surface area contributed by atoms with Crippen LogP contribution in [0.2, 0.25) is 0 Å². The van der Waals surface area contributed by atoms with Gasteiger partial charge in [0.15, 0.2) is 17.2 Å². The Bertz CT molecular complexity index is 1010. The summed E-state index contributed by atoms with van der Waals surface area (Å²) in [5.41, 5.74) is 4.73. The van der Waals surface area contributed by atoms with Crippen molar-refractivity contribution in [2.24, 2.45) is 0 Å². The average Bonchev–Trinajstić information content (AvgIpc) is 3.00. The maximum absolute atomic E-state index is 12.2. The molecule has 2 aromatic carbocycles. The van der Waals surface area contributed by atoms with E-state index in [2.05, 4.69) is 10.8 Å². The van der Waals surface area contributed by atoms with Crippen LogP contribution < -0.4 is 35.2 Å². The Morgan fingerprint density at radius 1 is 0.909 bits per heavy atom. The van der Waals surface area contributed by atoms with Crippen molar-refractivity contribution in [1.82, 2.24) is 10.8 Å². The normalized spacial score (nSPS) is 11.5. The third-order valence-electron chi connectivity index (χ3n) is 5.12.